The van der Waals surface area contributed by atoms with Gasteiger partial charge in [0.25, 0.3) is 0 Å². The first-order valence-electron chi connectivity index (χ1n) is 15.6. The zero-order chi connectivity index (χ0) is 37.3. The first kappa shape index (κ1) is 34.5. The molecule has 0 fully saturated rings. The normalized spacial score (nSPS) is 12.9. The van der Waals surface area contributed by atoms with Crippen molar-refractivity contribution in [1.29, 1.82) is 5.26 Å². The Bertz CT molecular complexity index is 2960. The van der Waals surface area contributed by atoms with E-state index in [9.17, 15) is 24.3 Å². The first-order valence-corrected chi connectivity index (χ1v) is 15.6. The SMILES string of the molecule is Cc1cccc2c(O)c3c(=O)oc4cccc5c(=O)oc(c12)c3c45.Cc1cccc2c1C(C#N)OC2=O.Cc1cccc2oc(=O)ccc12.O=C=O. The monoisotopic (exact) mass is 695 g/mol. The number of aryl methyl sites for hydroxylation is 3. The number of carbonyl (C=O) groups is 1. The second-order valence-electron chi connectivity index (χ2n) is 11.7. The lowest BCUT2D eigenvalue weighted by Gasteiger charge is -2.13. The Kier molecular flexibility index (Phi) is 9.21. The minimum absolute atomic E-state index is 0.0375. The molecule has 1 aliphatic rings. The summed E-state index contributed by atoms with van der Waals surface area (Å²) < 4.78 is 20.7. The molecule has 1 aliphatic heterocycles. The Morgan fingerprint density at radius 1 is 0.615 bits per heavy atom. The molecule has 1 atom stereocenters. The molecule has 256 valence electrons. The summed E-state index contributed by atoms with van der Waals surface area (Å²) in [7, 11) is 0. The van der Waals surface area contributed by atoms with Crippen molar-refractivity contribution in [3.8, 4) is 11.8 Å². The molecule has 8 aromatic rings. The van der Waals surface area contributed by atoms with Gasteiger partial charge in [-0.3, -0.25) is 0 Å². The topological polar surface area (TPSA) is 195 Å². The number of benzene rings is 5. The zero-order valence-corrected chi connectivity index (χ0v) is 27.6. The molecule has 52 heavy (non-hydrogen) atoms. The van der Waals surface area contributed by atoms with Crippen molar-refractivity contribution in [3.63, 3.8) is 0 Å². The van der Waals surface area contributed by atoms with Crippen molar-refractivity contribution < 1.29 is 37.5 Å². The zero-order valence-electron chi connectivity index (χ0n) is 27.6. The van der Waals surface area contributed by atoms with Gasteiger partial charge in [-0.25, -0.2) is 19.2 Å². The number of aromatic hydroxyl groups is 1. The smallest absolute Gasteiger partial charge is 0.373 e. The van der Waals surface area contributed by atoms with Crippen LogP contribution in [-0.4, -0.2) is 17.2 Å². The fourth-order valence-corrected chi connectivity index (χ4v) is 6.32. The Morgan fingerprint density at radius 2 is 1.25 bits per heavy atom. The van der Waals surface area contributed by atoms with Crippen molar-refractivity contribution >= 4 is 66.6 Å². The molecule has 3 aromatic heterocycles. The summed E-state index contributed by atoms with van der Waals surface area (Å²) in [6.45, 7) is 5.72. The highest BCUT2D eigenvalue weighted by Crippen LogP contribution is 2.42. The molecule has 0 spiro atoms. The Labute approximate surface area is 291 Å². The van der Waals surface area contributed by atoms with E-state index in [0.29, 0.717) is 49.2 Å². The summed E-state index contributed by atoms with van der Waals surface area (Å²) in [5.41, 5.74) is 3.93. The van der Waals surface area contributed by atoms with Crippen LogP contribution in [0.5, 0.6) is 5.75 Å². The van der Waals surface area contributed by atoms with Crippen LogP contribution >= 0.6 is 0 Å². The molecule has 0 bridgehead atoms. The lowest BCUT2D eigenvalue weighted by molar-refractivity contribution is -0.191. The van der Waals surface area contributed by atoms with Gasteiger partial charge in [0.1, 0.15) is 34.0 Å². The summed E-state index contributed by atoms with van der Waals surface area (Å²) in [5.74, 6) is -0.555. The van der Waals surface area contributed by atoms with Crippen molar-refractivity contribution in [3.05, 3.63) is 144 Å². The van der Waals surface area contributed by atoms with Crippen LogP contribution in [0.3, 0.4) is 0 Å². The van der Waals surface area contributed by atoms with Gasteiger partial charge >= 0.3 is 29.0 Å². The van der Waals surface area contributed by atoms with Crippen LogP contribution in [0.1, 0.15) is 38.7 Å². The Morgan fingerprint density at radius 3 is 2.00 bits per heavy atom. The number of phenolic OH excluding ortho intramolecular Hbond substituents is 1. The van der Waals surface area contributed by atoms with Gasteiger partial charge in [0, 0.05) is 38.6 Å². The predicted molar refractivity (Wildman–Crippen MR) is 188 cm³/mol. The molecule has 0 saturated carbocycles. The number of esters is 1. The number of phenols is 1. The molecular weight excluding hydrogens is 670 g/mol. The summed E-state index contributed by atoms with van der Waals surface area (Å²) in [6.07, 6.45) is -0.469. The third-order valence-electron chi connectivity index (χ3n) is 8.60. The fraction of sp³-hybridized carbons (Fsp3) is 0.100. The lowest BCUT2D eigenvalue weighted by atomic mass is 9.96. The second-order valence-corrected chi connectivity index (χ2v) is 11.7. The van der Waals surface area contributed by atoms with Crippen LogP contribution in [0.15, 0.2) is 113 Å². The minimum Gasteiger partial charge on any atom is -0.506 e. The van der Waals surface area contributed by atoms with E-state index >= 15 is 0 Å². The first-order chi connectivity index (χ1) is 25.0. The quantitative estimate of drug-likeness (QED) is 0.0746. The number of fused-ring (bicyclic) bond motifs is 4. The number of hydrogen-bond acceptors (Lipinski definition) is 12. The molecule has 12 nitrogen and oxygen atoms in total. The molecule has 0 radical (unpaired) electrons. The van der Waals surface area contributed by atoms with Gasteiger partial charge in [0.15, 0.2) is 0 Å². The molecular formula is C40H25NO11. The standard InChI is InChI=1S/C19H10O5.C10H7NO2.C10H8O2.CO2/c1-8-4-2-5-9-12(8)17-14-13-10(18(21)24-17)6-3-7-11(13)23-19(22)15(14)16(9)20;1-6-3-2-4-7-9(6)8(5-11)13-10(7)12;1-7-3-2-4-9-8(7)5-6-10(11)12-9;2-1-3/h2-7,20H,1H3;2-4,8H,1H3;2-6H,1H3;. The molecule has 1 unspecified atom stereocenters. The third kappa shape index (κ3) is 5.94. The van der Waals surface area contributed by atoms with Crippen LogP contribution in [0, 0.1) is 32.1 Å². The molecule has 9 rings (SSSR count). The van der Waals surface area contributed by atoms with Gasteiger partial charge in [-0.1, -0.05) is 48.5 Å². The van der Waals surface area contributed by atoms with Crippen LogP contribution in [0.25, 0.3) is 54.5 Å². The molecule has 0 saturated heterocycles. The van der Waals surface area contributed by atoms with Crippen molar-refractivity contribution in [1.82, 2.24) is 0 Å². The van der Waals surface area contributed by atoms with Gasteiger partial charge in [0.2, 0.25) is 6.10 Å². The molecule has 12 heteroatoms. The Hall–Kier alpha value is -7.35. The van der Waals surface area contributed by atoms with Crippen LogP contribution in [0.2, 0.25) is 0 Å². The van der Waals surface area contributed by atoms with Crippen molar-refractivity contribution in [2.45, 2.75) is 26.9 Å². The summed E-state index contributed by atoms with van der Waals surface area (Å²) in [5, 5.41) is 22.8. The second kappa shape index (κ2) is 13.9. The van der Waals surface area contributed by atoms with Gasteiger partial charge in [-0.15, -0.1) is 0 Å². The number of rotatable bonds is 0. The number of hydrogen-bond donors (Lipinski definition) is 1. The maximum atomic E-state index is 12.4. The number of nitriles is 1. The van der Waals surface area contributed by atoms with Crippen molar-refractivity contribution in [2.24, 2.45) is 0 Å². The third-order valence-corrected chi connectivity index (χ3v) is 8.60. The van der Waals surface area contributed by atoms with E-state index in [1.807, 2.05) is 51.1 Å². The molecule has 0 amide bonds. The van der Waals surface area contributed by atoms with E-state index in [1.165, 1.54) is 6.07 Å². The predicted octanol–water partition coefficient (Wildman–Crippen LogP) is 6.91. The number of cyclic esters (lactones) is 1. The van der Waals surface area contributed by atoms with E-state index in [-0.39, 0.29) is 22.9 Å². The number of carbonyl (C=O) groups excluding carboxylic acids is 3. The summed E-state index contributed by atoms with van der Waals surface area (Å²) in [6, 6.07) is 26.4. The highest BCUT2D eigenvalue weighted by atomic mass is 16.5. The minimum atomic E-state index is -0.719. The molecule has 0 aliphatic carbocycles. The number of ether oxygens (including phenoxy) is 1. The van der Waals surface area contributed by atoms with E-state index in [4.69, 9.17) is 32.8 Å². The average molecular weight is 696 g/mol. The highest BCUT2D eigenvalue weighted by Gasteiger charge is 2.32. The van der Waals surface area contributed by atoms with Crippen LogP contribution in [-0.2, 0) is 14.3 Å². The maximum absolute atomic E-state index is 12.4. The van der Waals surface area contributed by atoms with E-state index < -0.39 is 23.3 Å². The van der Waals surface area contributed by atoms with Gasteiger partial charge in [0.05, 0.1) is 10.9 Å². The molecule has 5 aromatic carbocycles. The van der Waals surface area contributed by atoms with E-state index in [2.05, 4.69) is 0 Å². The fourth-order valence-electron chi connectivity index (χ4n) is 6.32. The Balaban J connectivity index is 0.000000140. The van der Waals surface area contributed by atoms with Crippen LogP contribution in [0.4, 0.5) is 0 Å². The van der Waals surface area contributed by atoms with Gasteiger partial charge in [-0.2, -0.15) is 14.9 Å². The van der Waals surface area contributed by atoms with Gasteiger partial charge < -0.3 is 23.1 Å². The van der Waals surface area contributed by atoms with Crippen LogP contribution < -0.4 is 16.9 Å². The molecule has 1 N–H and O–H groups in total. The molecule has 4 heterocycles. The summed E-state index contributed by atoms with van der Waals surface area (Å²) >= 11 is 0. The van der Waals surface area contributed by atoms with Gasteiger partial charge in [-0.05, 0) is 67.8 Å². The largest absolute Gasteiger partial charge is 0.506 e. The van der Waals surface area contributed by atoms with Crippen molar-refractivity contribution in [2.75, 3.05) is 0 Å². The highest BCUT2D eigenvalue weighted by molar-refractivity contribution is 6.28. The average Bonchev–Trinajstić information content (AvgIpc) is 3.46. The summed E-state index contributed by atoms with van der Waals surface area (Å²) in [4.78, 5) is 63.2. The van der Waals surface area contributed by atoms with E-state index in [1.54, 1.807) is 54.6 Å². The maximum Gasteiger partial charge on any atom is 0.373 e. The number of nitrogens with zero attached hydrogens (tertiary/aromatic N) is 1. The van der Waals surface area contributed by atoms with E-state index in [0.717, 1.165) is 27.6 Å². The lowest BCUT2D eigenvalue weighted by Crippen LogP contribution is -2.07.